The molecule has 0 aliphatic carbocycles. The van der Waals surface area contributed by atoms with Gasteiger partial charge < -0.3 is 5.32 Å². The average molecular weight is 298 g/mol. The van der Waals surface area contributed by atoms with E-state index in [2.05, 4.69) is 10.3 Å². The van der Waals surface area contributed by atoms with Gasteiger partial charge in [-0.25, -0.2) is 4.98 Å². The van der Waals surface area contributed by atoms with Crippen LogP contribution in [0.4, 0.5) is 11.4 Å². The second-order valence-electron chi connectivity index (χ2n) is 4.08. The highest BCUT2D eigenvalue weighted by Gasteiger charge is 2.17. The molecule has 0 spiro atoms. The monoisotopic (exact) mass is 297 g/mol. The Labute approximate surface area is 119 Å². The number of halogens is 1. The van der Waals surface area contributed by atoms with E-state index in [1.807, 2.05) is 19.2 Å². The number of nitrogens with zero attached hydrogens (tertiary/aromatic N) is 2. The number of nitro groups is 1. The van der Waals surface area contributed by atoms with Gasteiger partial charge in [0, 0.05) is 16.5 Å². The number of nitro benzene ring substituents is 1. The highest BCUT2D eigenvalue weighted by Crippen LogP contribution is 2.30. The summed E-state index contributed by atoms with van der Waals surface area (Å²) in [7, 11) is 0. The number of nitrogens with one attached hydrogen (secondary N) is 1. The first kappa shape index (κ1) is 13.8. The number of aryl methyl sites for hydroxylation is 1. The molecule has 1 heterocycles. The summed E-state index contributed by atoms with van der Waals surface area (Å²) in [6.07, 6.45) is 0. The lowest BCUT2D eigenvalue weighted by Gasteiger charge is -2.13. The second-order valence-corrected chi connectivity index (χ2v) is 5.57. The van der Waals surface area contributed by atoms with Crippen molar-refractivity contribution in [2.45, 2.75) is 19.9 Å². The van der Waals surface area contributed by atoms with Crippen LogP contribution in [0.1, 0.15) is 23.7 Å². The molecule has 1 aromatic heterocycles. The van der Waals surface area contributed by atoms with Gasteiger partial charge in [-0.2, -0.15) is 0 Å². The fourth-order valence-corrected chi connectivity index (χ4v) is 2.54. The second kappa shape index (κ2) is 5.54. The predicted molar refractivity (Wildman–Crippen MR) is 77.0 cm³/mol. The van der Waals surface area contributed by atoms with Gasteiger partial charge in [0.05, 0.1) is 21.7 Å². The number of aromatic nitrogens is 1. The van der Waals surface area contributed by atoms with Crippen LogP contribution in [0.25, 0.3) is 0 Å². The Bertz CT molecular complexity index is 615. The average Bonchev–Trinajstić information content (AvgIpc) is 2.78. The molecular formula is C12H12ClN3O2S. The van der Waals surface area contributed by atoms with Gasteiger partial charge in [0.15, 0.2) is 0 Å². The summed E-state index contributed by atoms with van der Waals surface area (Å²) in [5, 5.41) is 17.3. The molecule has 2 aromatic rings. The Morgan fingerprint density at radius 2 is 2.26 bits per heavy atom. The molecule has 0 aliphatic rings. The molecule has 0 saturated carbocycles. The minimum Gasteiger partial charge on any atom is -0.371 e. The summed E-state index contributed by atoms with van der Waals surface area (Å²) in [5.41, 5.74) is 1.27. The van der Waals surface area contributed by atoms with Crippen molar-refractivity contribution >= 4 is 34.3 Å². The lowest BCUT2D eigenvalue weighted by atomic mass is 10.2. The van der Waals surface area contributed by atoms with Gasteiger partial charge in [-0.15, -0.1) is 11.3 Å². The molecule has 0 fully saturated rings. The molecule has 1 atom stereocenters. The Hall–Kier alpha value is -1.66. The van der Waals surface area contributed by atoms with Gasteiger partial charge >= 0.3 is 0 Å². The molecule has 100 valence electrons. The molecule has 7 heteroatoms. The summed E-state index contributed by atoms with van der Waals surface area (Å²) < 4.78 is 0. The highest BCUT2D eigenvalue weighted by molar-refractivity contribution is 7.09. The van der Waals surface area contributed by atoms with E-state index in [1.165, 1.54) is 6.07 Å². The van der Waals surface area contributed by atoms with Crippen molar-refractivity contribution in [3.63, 3.8) is 0 Å². The molecule has 1 aromatic carbocycles. The Morgan fingerprint density at radius 1 is 1.53 bits per heavy atom. The quantitative estimate of drug-likeness (QED) is 0.679. The lowest BCUT2D eigenvalue weighted by Crippen LogP contribution is -2.08. The zero-order valence-electron chi connectivity index (χ0n) is 10.4. The normalized spacial score (nSPS) is 12.2. The summed E-state index contributed by atoms with van der Waals surface area (Å²) in [4.78, 5) is 14.9. The van der Waals surface area contributed by atoms with Crippen molar-refractivity contribution in [2.24, 2.45) is 0 Å². The van der Waals surface area contributed by atoms with Crippen LogP contribution in [0.5, 0.6) is 0 Å². The SMILES string of the molecule is Cc1nc(C(C)Nc2ccc(Cl)cc2[N+](=O)[O-])cs1. The maximum Gasteiger partial charge on any atom is 0.293 e. The zero-order chi connectivity index (χ0) is 14.0. The summed E-state index contributed by atoms with van der Waals surface area (Å²) >= 11 is 7.33. The smallest absolute Gasteiger partial charge is 0.293 e. The number of hydrogen-bond donors (Lipinski definition) is 1. The maximum atomic E-state index is 11.0. The van der Waals surface area contributed by atoms with E-state index in [9.17, 15) is 10.1 Å². The summed E-state index contributed by atoms with van der Waals surface area (Å²) in [5.74, 6) is 0. The van der Waals surface area contributed by atoms with Crippen LogP contribution in [-0.2, 0) is 0 Å². The van der Waals surface area contributed by atoms with Crippen LogP contribution < -0.4 is 5.32 Å². The van der Waals surface area contributed by atoms with Crippen molar-refractivity contribution in [3.8, 4) is 0 Å². The number of rotatable bonds is 4. The van der Waals surface area contributed by atoms with Gasteiger partial charge in [-0.3, -0.25) is 10.1 Å². The van der Waals surface area contributed by atoms with Crippen molar-refractivity contribution in [2.75, 3.05) is 5.32 Å². The van der Waals surface area contributed by atoms with E-state index in [0.717, 1.165) is 10.7 Å². The first-order chi connectivity index (χ1) is 8.97. The van der Waals surface area contributed by atoms with Crippen molar-refractivity contribution < 1.29 is 4.92 Å². The zero-order valence-corrected chi connectivity index (χ0v) is 12.0. The van der Waals surface area contributed by atoms with E-state index < -0.39 is 4.92 Å². The van der Waals surface area contributed by atoms with E-state index in [0.29, 0.717) is 10.7 Å². The van der Waals surface area contributed by atoms with Gasteiger partial charge in [0.1, 0.15) is 5.69 Å². The number of thiazole rings is 1. The van der Waals surface area contributed by atoms with Crippen LogP contribution in [-0.4, -0.2) is 9.91 Å². The third-order valence-corrected chi connectivity index (χ3v) is 3.64. The molecule has 0 aliphatic heterocycles. The molecule has 19 heavy (non-hydrogen) atoms. The Balaban J connectivity index is 2.26. The lowest BCUT2D eigenvalue weighted by molar-refractivity contribution is -0.384. The molecule has 5 nitrogen and oxygen atoms in total. The maximum absolute atomic E-state index is 11.0. The van der Waals surface area contributed by atoms with Gasteiger partial charge in [0.2, 0.25) is 0 Å². The highest BCUT2D eigenvalue weighted by atomic mass is 35.5. The van der Waals surface area contributed by atoms with E-state index in [1.54, 1.807) is 23.5 Å². The van der Waals surface area contributed by atoms with Crippen molar-refractivity contribution in [1.29, 1.82) is 0 Å². The van der Waals surface area contributed by atoms with Crippen molar-refractivity contribution in [1.82, 2.24) is 4.98 Å². The van der Waals surface area contributed by atoms with Crippen LogP contribution in [0.2, 0.25) is 5.02 Å². The molecule has 1 N–H and O–H groups in total. The van der Waals surface area contributed by atoms with Crippen LogP contribution in [0, 0.1) is 17.0 Å². The van der Waals surface area contributed by atoms with Crippen LogP contribution in [0.15, 0.2) is 23.6 Å². The molecule has 2 rings (SSSR count). The molecular weight excluding hydrogens is 286 g/mol. The molecule has 0 bridgehead atoms. The van der Waals surface area contributed by atoms with Gasteiger partial charge in [-0.1, -0.05) is 11.6 Å². The molecule has 1 unspecified atom stereocenters. The molecule has 0 saturated heterocycles. The van der Waals surface area contributed by atoms with Crippen LogP contribution >= 0.6 is 22.9 Å². The number of hydrogen-bond acceptors (Lipinski definition) is 5. The van der Waals surface area contributed by atoms with Gasteiger partial charge in [-0.05, 0) is 26.0 Å². The van der Waals surface area contributed by atoms with E-state index >= 15 is 0 Å². The van der Waals surface area contributed by atoms with Crippen molar-refractivity contribution in [3.05, 3.63) is 49.4 Å². The number of benzene rings is 1. The molecule has 0 amide bonds. The van der Waals surface area contributed by atoms with E-state index in [-0.39, 0.29) is 11.7 Å². The predicted octanol–water partition coefficient (Wildman–Crippen LogP) is 4.19. The Kier molecular flexibility index (Phi) is 4.01. The summed E-state index contributed by atoms with van der Waals surface area (Å²) in [6, 6.07) is 4.46. The third-order valence-electron chi connectivity index (χ3n) is 2.61. The summed E-state index contributed by atoms with van der Waals surface area (Å²) in [6.45, 7) is 3.83. The first-order valence-corrected chi connectivity index (χ1v) is 6.85. The van der Waals surface area contributed by atoms with Crippen LogP contribution in [0.3, 0.4) is 0 Å². The fourth-order valence-electron chi connectivity index (χ4n) is 1.66. The minimum absolute atomic E-state index is 0.0358. The topological polar surface area (TPSA) is 68.1 Å². The van der Waals surface area contributed by atoms with E-state index in [4.69, 9.17) is 11.6 Å². The fraction of sp³-hybridized carbons (Fsp3) is 0.250. The minimum atomic E-state index is -0.451. The first-order valence-electron chi connectivity index (χ1n) is 5.60. The Morgan fingerprint density at radius 3 is 2.84 bits per heavy atom. The standard InChI is InChI=1S/C12H12ClN3O2S/c1-7(11-6-19-8(2)15-11)14-10-4-3-9(13)5-12(10)16(17)18/h3-7,14H,1-2H3. The molecule has 0 radical (unpaired) electrons. The van der Waals surface area contributed by atoms with Gasteiger partial charge in [0.25, 0.3) is 5.69 Å². The number of anilines is 1. The largest absolute Gasteiger partial charge is 0.371 e. The third kappa shape index (κ3) is 3.21.